The van der Waals surface area contributed by atoms with Crippen LogP contribution in [0.1, 0.15) is 50.1 Å². The third-order valence-electron chi connectivity index (χ3n) is 8.26. The second kappa shape index (κ2) is 10.6. The lowest BCUT2D eigenvalue weighted by atomic mass is 9.76. The summed E-state index contributed by atoms with van der Waals surface area (Å²) in [5, 5.41) is 13.2. The highest BCUT2D eigenvalue weighted by Crippen LogP contribution is 2.46. The van der Waals surface area contributed by atoms with Gasteiger partial charge < -0.3 is 10.2 Å². The number of hydrogen-bond donors (Lipinski definition) is 2. The summed E-state index contributed by atoms with van der Waals surface area (Å²) >= 11 is 1.47. The standard InChI is InChI=1S/C29H31FN6O2S2/c30-21-15-20(16-33-17-21)28-34-25(23-3-1-2-4-24(23)27(37)35-29(18-31)9-10-29)26(39-28)19-5-7-22(8-6-19)36-11-13-40(32,38)14-12-36/h5-8,15-17,23-24,32H,1-4,9-14H2,(H,35,37)/t23-,24-/m1/s1. The Morgan fingerprint density at radius 1 is 1.15 bits per heavy atom. The Morgan fingerprint density at radius 2 is 1.88 bits per heavy atom. The van der Waals surface area contributed by atoms with Crippen molar-refractivity contribution in [2.75, 3.05) is 29.5 Å². The Morgan fingerprint density at radius 3 is 2.55 bits per heavy atom. The SMILES string of the molecule is N#CC1(NC(=O)[C@@H]2CCCC[C@H]2c2nc(-c3cncc(F)c3)sc2-c2ccc(N3CCS(=N)(=O)CC3)cc2)CC1. The van der Waals surface area contributed by atoms with E-state index < -0.39 is 21.1 Å². The van der Waals surface area contributed by atoms with Crippen molar-refractivity contribution in [2.45, 2.75) is 50.0 Å². The van der Waals surface area contributed by atoms with E-state index >= 15 is 0 Å². The van der Waals surface area contributed by atoms with Gasteiger partial charge in [0.2, 0.25) is 5.91 Å². The number of nitriles is 1. The summed E-state index contributed by atoms with van der Waals surface area (Å²) < 4.78 is 34.0. The van der Waals surface area contributed by atoms with Crippen molar-refractivity contribution in [3.8, 4) is 27.1 Å². The van der Waals surface area contributed by atoms with E-state index in [0.29, 0.717) is 48.0 Å². The van der Waals surface area contributed by atoms with Gasteiger partial charge >= 0.3 is 0 Å². The Labute approximate surface area is 237 Å². The number of carbonyl (C=O) groups excluding carboxylic acids is 1. The summed E-state index contributed by atoms with van der Waals surface area (Å²) in [7, 11) is -2.47. The highest BCUT2D eigenvalue weighted by molar-refractivity contribution is 7.92. The fourth-order valence-corrected chi connectivity index (χ4v) is 8.10. The number of carbonyl (C=O) groups is 1. The third kappa shape index (κ3) is 5.47. The first-order valence-electron chi connectivity index (χ1n) is 13.7. The smallest absolute Gasteiger partial charge is 0.225 e. The first kappa shape index (κ1) is 26.8. The number of halogens is 1. The average molecular weight is 579 g/mol. The molecule has 2 N–H and O–H groups in total. The van der Waals surface area contributed by atoms with Crippen LogP contribution in [0.15, 0.2) is 42.7 Å². The molecule has 11 heteroatoms. The van der Waals surface area contributed by atoms with Crippen LogP contribution in [0, 0.1) is 27.8 Å². The quantitative estimate of drug-likeness (QED) is 0.408. The van der Waals surface area contributed by atoms with Gasteiger partial charge in [-0.15, -0.1) is 11.3 Å². The lowest BCUT2D eigenvalue weighted by Crippen LogP contribution is -2.42. The molecular formula is C29H31FN6O2S2. The molecule has 2 atom stereocenters. The van der Waals surface area contributed by atoms with E-state index in [1.165, 1.54) is 23.6 Å². The number of thiazole rings is 1. The molecule has 8 nitrogen and oxygen atoms in total. The first-order valence-corrected chi connectivity index (χ1v) is 16.4. The molecule has 3 heterocycles. The number of pyridine rings is 1. The van der Waals surface area contributed by atoms with Crippen LogP contribution >= 0.6 is 11.3 Å². The number of nitrogens with one attached hydrogen (secondary N) is 2. The zero-order chi connectivity index (χ0) is 27.9. The van der Waals surface area contributed by atoms with E-state index in [1.807, 2.05) is 24.3 Å². The lowest BCUT2D eigenvalue weighted by Gasteiger charge is -2.31. The van der Waals surface area contributed by atoms with E-state index in [9.17, 15) is 18.7 Å². The molecule has 0 bridgehead atoms. The van der Waals surface area contributed by atoms with Gasteiger partial charge in [0.1, 0.15) is 16.4 Å². The number of rotatable bonds is 6. The molecule has 1 aliphatic heterocycles. The van der Waals surface area contributed by atoms with Crippen molar-refractivity contribution in [1.82, 2.24) is 15.3 Å². The van der Waals surface area contributed by atoms with Crippen LogP contribution in [0.2, 0.25) is 0 Å². The maximum absolute atomic E-state index is 14.1. The van der Waals surface area contributed by atoms with Gasteiger partial charge in [-0.05, 0) is 49.4 Å². The van der Waals surface area contributed by atoms with Crippen molar-refractivity contribution in [3.63, 3.8) is 0 Å². The average Bonchev–Trinajstić information content (AvgIpc) is 3.59. The van der Waals surface area contributed by atoms with Gasteiger partial charge in [0.15, 0.2) is 0 Å². The number of amides is 1. The summed E-state index contributed by atoms with van der Waals surface area (Å²) in [6, 6.07) is 11.8. The lowest BCUT2D eigenvalue weighted by molar-refractivity contribution is -0.127. The monoisotopic (exact) mass is 578 g/mol. The molecule has 3 aliphatic rings. The largest absolute Gasteiger partial charge is 0.370 e. The van der Waals surface area contributed by atoms with Crippen molar-refractivity contribution in [1.29, 1.82) is 10.0 Å². The van der Waals surface area contributed by atoms with E-state index in [1.54, 1.807) is 6.20 Å². The van der Waals surface area contributed by atoms with Crippen molar-refractivity contribution in [2.24, 2.45) is 5.92 Å². The predicted molar refractivity (Wildman–Crippen MR) is 154 cm³/mol. The molecule has 3 aromatic rings. The van der Waals surface area contributed by atoms with E-state index in [0.717, 1.165) is 47.5 Å². The van der Waals surface area contributed by atoms with Crippen LogP contribution in [0.5, 0.6) is 0 Å². The van der Waals surface area contributed by atoms with Crippen LogP contribution in [0.3, 0.4) is 0 Å². The predicted octanol–water partition coefficient (Wildman–Crippen LogP) is 5.32. The molecule has 0 spiro atoms. The summed E-state index contributed by atoms with van der Waals surface area (Å²) in [5.41, 5.74) is 2.69. The molecule has 40 heavy (non-hydrogen) atoms. The van der Waals surface area contributed by atoms with Crippen LogP contribution in [0.4, 0.5) is 10.1 Å². The normalized spacial score (nSPS) is 23.2. The molecule has 208 valence electrons. The van der Waals surface area contributed by atoms with Gasteiger partial charge in [-0.25, -0.2) is 13.6 Å². The van der Waals surface area contributed by atoms with Crippen molar-refractivity contribution >= 4 is 32.7 Å². The van der Waals surface area contributed by atoms with Gasteiger partial charge in [0, 0.05) is 63.6 Å². The van der Waals surface area contributed by atoms with E-state index in [-0.39, 0.29) is 17.7 Å². The molecule has 2 saturated carbocycles. The second-order valence-electron chi connectivity index (χ2n) is 11.1. The van der Waals surface area contributed by atoms with Crippen LogP contribution in [0.25, 0.3) is 21.0 Å². The molecule has 2 aliphatic carbocycles. The summed E-state index contributed by atoms with van der Waals surface area (Å²) in [4.78, 5) is 25.6. The van der Waals surface area contributed by atoms with Crippen molar-refractivity contribution < 1.29 is 13.4 Å². The summed E-state index contributed by atoms with van der Waals surface area (Å²) in [5.74, 6) is -0.167. The van der Waals surface area contributed by atoms with Gasteiger partial charge in [-0.2, -0.15) is 5.26 Å². The third-order valence-corrected chi connectivity index (χ3v) is 11.1. The fourth-order valence-electron chi connectivity index (χ4n) is 5.74. The second-order valence-corrected chi connectivity index (χ2v) is 14.5. The minimum Gasteiger partial charge on any atom is -0.370 e. The molecular weight excluding hydrogens is 547 g/mol. The van der Waals surface area contributed by atoms with Crippen LogP contribution < -0.4 is 10.2 Å². The van der Waals surface area contributed by atoms with Gasteiger partial charge in [0.05, 0.1) is 22.8 Å². The Balaban J connectivity index is 1.35. The highest BCUT2D eigenvalue weighted by Gasteiger charge is 2.47. The molecule has 3 fully saturated rings. The number of hydrogen-bond acceptors (Lipinski definition) is 8. The van der Waals surface area contributed by atoms with Gasteiger partial charge in [-0.3, -0.25) is 14.6 Å². The fraction of sp³-hybridized carbons (Fsp3) is 0.448. The van der Waals surface area contributed by atoms with Crippen molar-refractivity contribution in [3.05, 3.63) is 54.2 Å². The number of benzene rings is 1. The van der Waals surface area contributed by atoms with E-state index in [2.05, 4.69) is 21.3 Å². The maximum atomic E-state index is 14.1. The van der Waals surface area contributed by atoms with Crippen LogP contribution in [-0.2, 0) is 14.5 Å². The minimum absolute atomic E-state index is 0.0805. The zero-order valence-electron chi connectivity index (χ0n) is 22.1. The van der Waals surface area contributed by atoms with Crippen LogP contribution in [-0.4, -0.2) is 50.2 Å². The molecule has 6 rings (SSSR count). The summed E-state index contributed by atoms with van der Waals surface area (Å²) in [6.07, 6.45) is 7.63. The first-order chi connectivity index (χ1) is 19.3. The van der Waals surface area contributed by atoms with E-state index in [4.69, 9.17) is 9.76 Å². The molecule has 1 saturated heterocycles. The topological polar surface area (TPSA) is 123 Å². The maximum Gasteiger partial charge on any atom is 0.225 e. The summed E-state index contributed by atoms with van der Waals surface area (Å²) in [6.45, 7) is 1.18. The highest BCUT2D eigenvalue weighted by atomic mass is 32.2. The zero-order valence-corrected chi connectivity index (χ0v) is 23.7. The molecule has 1 amide bonds. The Hall–Kier alpha value is -3.36. The Bertz CT molecular complexity index is 1560. The Kier molecular flexibility index (Phi) is 7.09. The van der Waals surface area contributed by atoms with Gasteiger partial charge in [0.25, 0.3) is 0 Å². The molecule has 0 radical (unpaired) electrons. The molecule has 1 aromatic carbocycles. The minimum atomic E-state index is -2.47. The molecule has 0 unspecified atom stereocenters. The number of nitrogens with zero attached hydrogens (tertiary/aromatic N) is 4. The number of anilines is 1. The number of aromatic nitrogens is 2. The molecule has 2 aromatic heterocycles. The van der Waals surface area contributed by atoms with Gasteiger partial charge in [-0.1, -0.05) is 25.0 Å².